The third-order valence-electron chi connectivity index (χ3n) is 2.92. The molecule has 0 saturated heterocycles. The van der Waals surface area contributed by atoms with Crippen LogP contribution in [0.2, 0.25) is 0 Å². The van der Waals surface area contributed by atoms with Crippen LogP contribution in [0.15, 0.2) is 30.3 Å². The van der Waals surface area contributed by atoms with Gasteiger partial charge in [-0.2, -0.15) is 0 Å². The molecule has 16 heavy (non-hydrogen) atoms. The summed E-state index contributed by atoms with van der Waals surface area (Å²) in [7, 11) is -4.19. The zero-order chi connectivity index (χ0) is 11.9. The van der Waals surface area contributed by atoms with E-state index in [1.54, 1.807) is 13.0 Å². The molecule has 0 bridgehead atoms. The Balaban J connectivity index is 2.90. The van der Waals surface area contributed by atoms with Gasteiger partial charge in [-0.1, -0.05) is 24.3 Å². The normalized spacial score (nSPS) is 12.0. The Kier molecular flexibility index (Phi) is 2.62. The average Bonchev–Trinajstić information content (AvgIpc) is 2.22. The Bertz CT molecular complexity index is 598. The van der Waals surface area contributed by atoms with Crippen molar-refractivity contribution in [2.24, 2.45) is 0 Å². The van der Waals surface area contributed by atoms with E-state index >= 15 is 0 Å². The predicted molar refractivity (Wildman–Crippen MR) is 65.1 cm³/mol. The Labute approximate surface area is 93.9 Å². The van der Waals surface area contributed by atoms with Crippen LogP contribution in [0.3, 0.4) is 0 Å². The van der Waals surface area contributed by atoms with Gasteiger partial charge in [0.15, 0.2) is 0 Å². The van der Waals surface area contributed by atoms with Gasteiger partial charge in [0, 0.05) is 0 Å². The van der Waals surface area contributed by atoms with Crippen LogP contribution in [0.25, 0.3) is 10.8 Å². The second kappa shape index (κ2) is 3.70. The van der Waals surface area contributed by atoms with E-state index in [9.17, 15) is 14.4 Å². The molecule has 2 aromatic rings. The first-order chi connectivity index (χ1) is 7.41. The lowest BCUT2D eigenvalue weighted by Crippen LogP contribution is -2.10. The summed E-state index contributed by atoms with van der Waals surface area (Å²) in [6, 6.07) is 9.19. The molecule has 3 nitrogen and oxygen atoms in total. The lowest BCUT2D eigenvalue weighted by molar-refractivity contribution is 0.387. The van der Waals surface area contributed by atoms with Gasteiger partial charge in [-0.25, -0.2) is 0 Å². The van der Waals surface area contributed by atoms with E-state index in [4.69, 9.17) is 0 Å². The van der Waals surface area contributed by atoms with Crippen molar-refractivity contribution in [2.45, 2.75) is 13.8 Å². The van der Waals surface area contributed by atoms with Crippen molar-refractivity contribution >= 4 is 23.7 Å². The predicted octanol–water partition coefficient (Wildman–Crippen LogP) is 2.26. The van der Waals surface area contributed by atoms with Crippen molar-refractivity contribution in [1.82, 2.24) is 0 Å². The molecule has 2 N–H and O–H groups in total. The van der Waals surface area contributed by atoms with Gasteiger partial charge >= 0.3 is 7.60 Å². The van der Waals surface area contributed by atoms with Crippen molar-refractivity contribution in [1.29, 1.82) is 0 Å². The van der Waals surface area contributed by atoms with Gasteiger partial charge in [0.1, 0.15) is 0 Å². The highest BCUT2D eigenvalue weighted by molar-refractivity contribution is 7.60. The highest BCUT2D eigenvalue weighted by Gasteiger charge is 2.21. The maximum absolute atomic E-state index is 11.3. The van der Waals surface area contributed by atoms with E-state index in [2.05, 4.69) is 0 Å². The number of hydrogen-bond donors (Lipinski definition) is 2. The Hall–Kier alpha value is -1.15. The van der Waals surface area contributed by atoms with Gasteiger partial charge in [-0.15, -0.1) is 0 Å². The minimum absolute atomic E-state index is 0.128. The van der Waals surface area contributed by atoms with Crippen LogP contribution in [0.4, 0.5) is 0 Å². The molecule has 0 spiro atoms. The number of fused-ring (bicyclic) bond motifs is 1. The van der Waals surface area contributed by atoms with Crippen molar-refractivity contribution in [3.8, 4) is 0 Å². The van der Waals surface area contributed by atoms with Crippen molar-refractivity contribution in [3.05, 3.63) is 41.5 Å². The average molecular weight is 236 g/mol. The molecule has 0 aromatic heterocycles. The van der Waals surface area contributed by atoms with Crippen LogP contribution in [0.5, 0.6) is 0 Å². The highest BCUT2D eigenvalue weighted by atomic mass is 31.2. The number of benzene rings is 2. The molecular weight excluding hydrogens is 223 g/mol. The summed E-state index contributed by atoms with van der Waals surface area (Å²) in [6.07, 6.45) is 0. The van der Waals surface area contributed by atoms with E-state index in [1.165, 1.54) is 0 Å². The maximum atomic E-state index is 11.3. The number of hydrogen-bond acceptors (Lipinski definition) is 1. The summed E-state index contributed by atoms with van der Waals surface area (Å²) in [5, 5.41) is 2.03. The molecule has 84 valence electrons. The van der Waals surface area contributed by atoms with Crippen LogP contribution in [0, 0.1) is 13.8 Å². The summed E-state index contributed by atoms with van der Waals surface area (Å²) in [4.78, 5) is 18.5. The molecule has 0 aliphatic heterocycles. The second-order valence-corrected chi connectivity index (χ2v) is 5.48. The zero-order valence-electron chi connectivity index (χ0n) is 9.14. The van der Waals surface area contributed by atoms with E-state index in [1.807, 2.05) is 31.2 Å². The quantitative estimate of drug-likeness (QED) is 0.747. The van der Waals surface area contributed by atoms with Crippen LogP contribution in [-0.2, 0) is 4.57 Å². The van der Waals surface area contributed by atoms with Crippen molar-refractivity contribution in [3.63, 3.8) is 0 Å². The smallest absolute Gasteiger partial charge is 0.321 e. The molecule has 4 heteroatoms. The zero-order valence-corrected chi connectivity index (χ0v) is 10.0. The molecule has 2 rings (SSSR count). The Morgan fingerprint density at radius 1 is 1.06 bits per heavy atom. The fraction of sp³-hybridized carbons (Fsp3) is 0.167. The monoisotopic (exact) mass is 236 g/mol. The van der Waals surface area contributed by atoms with Gasteiger partial charge in [0.05, 0.1) is 5.30 Å². The Morgan fingerprint density at radius 2 is 1.69 bits per heavy atom. The fourth-order valence-electron chi connectivity index (χ4n) is 1.92. The molecule has 2 aromatic carbocycles. The van der Waals surface area contributed by atoms with E-state index in [0.29, 0.717) is 5.56 Å². The molecule has 0 aliphatic rings. The molecule has 0 atom stereocenters. The number of rotatable bonds is 1. The van der Waals surface area contributed by atoms with Gasteiger partial charge in [0.25, 0.3) is 0 Å². The molecule has 0 fully saturated rings. The first kappa shape index (κ1) is 11.3. The Morgan fingerprint density at radius 3 is 2.31 bits per heavy atom. The van der Waals surface area contributed by atoms with Gasteiger partial charge in [-0.05, 0) is 41.8 Å². The van der Waals surface area contributed by atoms with Crippen LogP contribution >= 0.6 is 7.60 Å². The van der Waals surface area contributed by atoms with E-state index < -0.39 is 7.60 Å². The summed E-state index contributed by atoms with van der Waals surface area (Å²) in [5.74, 6) is 0. The molecule has 0 heterocycles. The third kappa shape index (κ3) is 1.78. The summed E-state index contributed by atoms with van der Waals surface area (Å²) >= 11 is 0. The number of aryl methyl sites for hydroxylation is 1. The van der Waals surface area contributed by atoms with Crippen LogP contribution < -0.4 is 5.30 Å². The SMILES string of the molecule is Cc1c(P(=O)(O)O)cc2ccccc2c1C. The lowest BCUT2D eigenvalue weighted by Gasteiger charge is -2.13. The topological polar surface area (TPSA) is 57.5 Å². The van der Waals surface area contributed by atoms with Crippen molar-refractivity contribution < 1.29 is 14.4 Å². The molecule has 0 saturated carbocycles. The maximum Gasteiger partial charge on any atom is 0.356 e. The largest absolute Gasteiger partial charge is 0.356 e. The standard InChI is InChI=1S/C12H13O3P/c1-8-9(2)12(16(13,14)15)7-10-5-3-4-6-11(8)10/h3-7H,1-2H3,(H2,13,14,15). The highest BCUT2D eigenvalue weighted by Crippen LogP contribution is 2.37. The molecular formula is C12H13O3P. The molecule has 0 amide bonds. The molecule has 0 radical (unpaired) electrons. The van der Waals surface area contributed by atoms with Gasteiger partial charge < -0.3 is 9.79 Å². The minimum Gasteiger partial charge on any atom is -0.321 e. The van der Waals surface area contributed by atoms with Gasteiger partial charge in [0.2, 0.25) is 0 Å². The molecule has 0 unspecified atom stereocenters. The minimum atomic E-state index is -4.19. The second-order valence-electron chi connectivity index (χ2n) is 3.91. The summed E-state index contributed by atoms with van der Waals surface area (Å²) in [5.41, 5.74) is 1.60. The van der Waals surface area contributed by atoms with Crippen molar-refractivity contribution in [2.75, 3.05) is 0 Å². The van der Waals surface area contributed by atoms with E-state index in [0.717, 1.165) is 16.3 Å². The fourth-order valence-corrected chi connectivity index (χ4v) is 2.83. The summed E-state index contributed by atoms with van der Waals surface area (Å²) in [6.45, 7) is 3.63. The molecule has 0 aliphatic carbocycles. The summed E-state index contributed by atoms with van der Waals surface area (Å²) < 4.78 is 11.3. The lowest BCUT2D eigenvalue weighted by atomic mass is 10.0. The van der Waals surface area contributed by atoms with Gasteiger partial charge in [-0.3, -0.25) is 4.57 Å². The van der Waals surface area contributed by atoms with Crippen LogP contribution in [0.1, 0.15) is 11.1 Å². The third-order valence-corrected chi connectivity index (χ3v) is 4.01. The van der Waals surface area contributed by atoms with E-state index in [-0.39, 0.29) is 5.30 Å². The van der Waals surface area contributed by atoms with Crippen LogP contribution in [-0.4, -0.2) is 9.79 Å². The first-order valence-corrected chi connectivity index (χ1v) is 6.57. The first-order valence-electron chi connectivity index (χ1n) is 4.96.